The molecule has 1 fully saturated rings. The monoisotopic (exact) mass is 266 g/mol. The van der Waals surface area contributed by atoms with Gasteiger partial charge < -0.3 is 10.6 Å². The van der Waals surface area contributed by atoms with Gasteiger partial charge in [0.1, 0.15) is 0 Å². The molecule has 1 aliphatic rings. The van der Waals surface area contributed by atoms with E-state index < -0.39 is 0 Å². The number of carbonyl (C=O) groups is 1. The third-order valence-electron chi connectivity index (χ3n) is 3.78. The number of hydrogen-bond acceptors (Lipinski definition) is 2. The number of amides is 1. The second kappa shape index (κ2) is 5.72. The molecule has 1 aliphatic heterocycles. The van der Waals surface area contributed by atoms with Crippen LogP contribution in [0.4, 0.5) is 0 Å². The van der Waals surface area contributed by atoms with E-state index in [1.807, 2.05) is 17.0 Å². The van der Waals surface area contributed by atoms with Gasteiger partial charge in [0.05, 0.1) is 0 Å². The van der Waals surface area contributed by atoms with Gasteiger partial charge in [0.2, 0.25) is 0 Å². The van der Waals surface area contributed by atoms with Crippen LogP contribution in [0.25, 0.3) is 0 Å². The third-order valence-corrected chi connectivity index (χ3v) is 4.01. The summed E-state index contributed by atoms with van der Waals surface area (Å²) in [7, 11) is 0. The van der Waals surface area contributed by atoms with Crippen molar-refractivity contribution in [3.63, 3.8) is 0 Å². The molecule has 1 saturated heterocycles. The molecule has 0 spiro atoms. The summed E-state index contributed by atoms with van der Waals surface area (Å²) >= 11 is 5.92. The van der Waals surface area contributed by atoms with Crippen molar-refractivity contribution in [3.05, 3.63) is 34.9 Å². The molecule has 2 atom stereocenters. The second-order valence-electron chi connectivity index (χ2n) is 5.02. The molecule has 4 heteroatoms. The van der Waals surface area contributed by atoms with E-state index in [1.54, 1.807) is 12.1 Å². The first-order chi connectivity index (χ1) is 8.61. The van der Waals surface area contributed by atoms with Crippen LogP contribution in [0, 0.1) is 11.8 Å². The van der Waals surface area contributed by atoms with Crippen LogP contribution in [0.1, 0.15) is 23.7 Å². The van der Waals surface area contributed by atoms with Crippen LogP contribution in [0.3, 0.4) is 0 Å². The van der Waals surface area contributed by atoms with Crippen LogP contribution in [0.15, 0.2) is 24.3 Å². The Balaban J connectivity index is 2.10. The first-order valence-corrected chi connectivity index (χ1v) is 6.74. The standard InChI is InChI=1S/C14H19ClN2O/c1-10-5-6-17(9-12(10)8-16)14(18)11-3-2-4-13(15)7-11/h2-4,7,10,12H,5-6,8-9,16H2,1H3. The van der Waals surface area contributed by atoms with Crippen molar-refractivity contribution in [2.24, 2.45) is 17.6 Å². The summed E-state index contributed by atoms with van der Waals surface area (Å²) in [6.45, 7) is 4.41. The van der Waals surface area contributed by atoms with E-state index in [1.165, 1.54) is 0 Å². The van der Waals surface area contributed by atoms with Gasteiger partial charge in [-0.15, -0.1) is 0 Å². The molecule has 1 heterocycles. The fourth-order valence-corrected chi connectivity index (χ4v) is 2.64. The fraction of sp³-hybridized carbons (Fsp3) is 0.500. The minimum absolute atomic E-state index is 0.0582. The summed E-state index contributed by atoms with van der Waals surface area (Å²) in [5, 5.41) is 0.599. The van der Waals surface area contributed by atoms with Gasteiger partial charge in [-0.25, -0.2) is 0 Å². The Bertz CT molecular complexity index is 436. The number of benzene rings is 1. The predicted octanol–water partition coefficient (Wildman–Crippen LogP) is 2.40. The lowest BCUT2D eigenvalue weighted by molar-refractivity contribution is 0.0618. The molecular formula is C14H19ClN2O. The van der Waals surface area contributed by atoms with Crippen molar-refractivity contribution in [2.45, 2.75) is 13.3 Å². The minimum Gasteiger partial charge on any atom is -0.338 e. The van der Waals surface area contributed by atoms with Crippen LogP contribution in [0.2, 0.25) is 5.02 Å². The maximum atomic E-state index is 12.3. The number of hydrogen-bond donors (Lipinski definition) is 1. The van der Waals surface area contributed by atoms with Crippen molar-refractivity contribution >= 4 is 17.5 Å². The molecule has 0 saturated carbocycles. The normalized spacial score (nSPS) is 24.1. The first-order valence-electron chi connectivity index (χ1n) is 6.36. The SMILES string of the molecule is CC1CCN(C(=O)c2cccc(Cl)c2)CC1CN. The number of nitrogens with two attached hydrogens (primary N) is 1. The molecule has 1 amide bonds. The van der Waals surface area contributed by atoms with Gasteiger partial charge in [0, 0.05) is 23.7 Å². The van der Waals surface area contributed by atoms with Crippen molar-refractivity contribution in [1.29, 1.82) is 0 Å². The van der Waals surface area contributed by atoms with Gasteiger partial charge in [0.25, 0.3) is 5.91 Å². The van der Waals surface area contributed by atoms with Crippen LogP contribution in [-0.4, -0.2) is 30.4 Å². The van der Waals surface area contributed by atoms with Gasteiger partial charge in [-0.05, 0) is 43.0 Å². The maximum absolute atomic E-state index is 12.3. The van der Waals surface area contributed by atoms with Crippen molar-refractivity contribution in [1.82, 2.24) is 4.90 Å². The largest absolute Gasteiger partial charge is 0.338 e. The van der Waals surface area contributed by atoms with E-state index in [2.05, 4.69) is 6.92 Å². The highest BCUT2D eigenvalue weighted by atomic mass is 35.5. The Hall–Kier alpha value is -1.06. The van der Waals surface area contributed by atoms with E-state index >= 15 is 0 Å². The van der Waals surface area contributed by atoms with Gasteiger partial charge in [0.15, 0.2) is 0 Å². The second-order valence-corrected chi connectivity index (χ2v) is 5.46. The Labute approximate surface area is 113 Å². The number of halogens is 1. The Morgan fingerprint density at radius 1 is 1.56 bits per heavy atom. The number of nitrogens with zero attached hydrogens (tertiary/aromatic N) is 1. The zero-order valence-corrected chi connectivity index (χ0v) is 11.4. The number of rotatable bonds is 2. The summed E-state index contributed by atoms with van der Waals surface area (Å²) in [5.41, 5.74) is 6.42. The minimum atomic E-state index is 0.0582. The van der Waals surface area contributed by atoms with E-state index in [9.17, 15) is 4.79 Å². The zero-order valence-electron chi connectivity index (χ0n) is 10.6. The highest BCUT2D eigenvalue weighted by Gasteiger charge is 2.28. The highest BCUT2D eigenvalue weighted by Crippen LogP contribution is 2.24. The van der Waals surface area contributed by atoms with Crippen LogP contribution in [-0.2, 0) is 0 Å². The number of likely N-dealkylation sites (tertiary alicyclic amines) is 1. The Morgan fingerprint density at radius 2 is 2.33 bits per heavy atom. The lowest BCUT2D eigenvalue weighted by Gasteiger charge is -2.36. The zero-order chi connectivity index (χ0) is 13.1. The lowest BCUT2D eigenvalue weighted by Crippen LogP contribution is -2.45. The number of piperidine rings is 1. The van der Waals surface area contributed by atoms with Crippen LogP contribution >= 0.6 is 11.6 Å². The molecule has 0 aliphatic carbocycles. The summed E-state index contributed by atoms with van der Waals surface area (Å²) in [4.78, 5) is 14.2. The molecule has 1 aromatic carbocycles. The predicted molar refractivity (Wildman–Crippen MR) is 73.7 cm³/mol. The Morgan fingerprint density at radius 3 is 3.00 bits per heavy atom. The van der Waals surface area contributed by atoms with E-state index in [4.69, 9.17) is 17.3 Å². The molecule has 98 valence electrons. The Kier molecular flexibility index (Phi) is 4.25. The van der Waals surface area contributed by atoms with Gasteiger partial charge in [-0.1, -0.05) is 24.6 Å². The van der Waals surface area contributed by atoms with E-state index in [0.29, 0.717) is 29.0 Å². The summed E-state index contributed by atoms with van der Waals surface area (Å²) in [6.07, 6.45) is 1.02. The summed E-state index contributed by atoms with van der Waals surface area (Å²) < 4.78 is 0. The quantitative estimate of drug-likeness (QED) is 0.894. The van der Waals surface area contributed by atoms with Crippen molar-refractivity contribution < 1.29 is 4.79 Å². The molecule has 2 unspecified atom stereocenters. The van der Waals surface area contributed by atoms with Gasteiger partial charge in [-0.3, -0.25) is 4.79 Å². The molecular weight excluding hydrogens is 248 g/mol. The summed E-state index contributed by atoms with van der Waals surface area (Å²) in [5.74, 6) is 1.06. The molecule has 0 aromatic heterocycles. The maximum Gasteiger partial charge on any atom is 0.253 e. The average molecular weight is 267 g/mol. The summed E-state index contributed by atoms with van der Waals surface area (Å²) in [6, 6.07) is 7.12. The molecule has 1 aromatic rings. The van der Waals surface area contributed by atoms with Gasteiger partial charge in [-0.2, -0.15) is 0 Å². The van der Waals surface area contributed by atoms with Crippen LogP contribution in [0.5, 0.6) is 0 Å². The highest BCUT2D eigenvalue weighted by molar-refractivity contribution is 6.30. The average Bonchev–Trinajstić information content (AvgIpc) is 2.38. The van der Waals surface area contributed by atoms with Crippen LogP contribution < -0.4 is 5.73 Å². The van der Waals surface area contributed by atoms with Crippen molar-refractivity contribution in [3.8, 4) is 0 Å². The van der Waals surface area contributed by atoms with Crippen molar-refractivity contribution in [2.75, 3.05) is 19.6 Å². The topological polar surface area (TPSA) is 46.3 Å². The molecule has 18 heavy (non-hydrogen) atoms. The smallest absolute Gasteiger partial charge is 0.253 e. The first kappa shape index (κ1) is 13.4. The van der Waals surface area contributed by atoms with Gasteiger partial charge >= 0.3 is 0 Å². The fourth-order valence-electron chi connectivity index (χ4n) is 2.44. The molecule has 0 radical (unpaired) electrons. The molecule has 2 rings (SSSR count). The lowest BCUT2D eigenvalue weighted by atomic mass is 9.87. The third kappa shape index (κ3) is 2.85. The van der Waals surface area contributed by atoms with E-state index in [0.717, 1.165) is 19.5 Å². The number of carbonyl (C=O) groups excluding carboxylic acids is 1. The van der Waals surface area contributed by atoms with E-state index in [-0.39, 0.29) is 5.91 Å². The molecule has 0 bridgehead atoms. The molecule has 3 nitrogen and oxygen atoms in total. The molecule has 2 N–H and O–H groups in total.